The molecule has 0 aliphatic carbocycles. The van der Waals surface area contributed by atoms with Crippen LogP contribution in [0.15, 0.2) is 66.7 Å². The van der Waals surface area contributed by atoms with Crippen LogP contribution in [0.4, 0.5) is 35.3 Å². The molecule has 0 saturated heterocycles. The van der Waals surface area contributed by atoms with Crippen molar-refractivity contribution >= 4 is 46.3 Å². The van der Waals surface area contributed by atoms with Gasteiger partial charge in [0.15, 0.2) is 0 Å². The number of carbonyl (C=O) groups excluding carboxylic acids is 3. The Bertz CT molecular complexity index is 1600. The molecule has 0 saturated carbocycles. The van der Waals surface area contributed by atoms with Gasteiger partial charge in [-0.1, -0.05) is 30.3 Å². The molecular formula is C25H18F3N5O5. The van der Waals surface area contributed by atoms with Crippen LogP contribution in [0.2, 0.25) is 0 Å². The summed E-state index contributed by atoms with van der Waals surface area (Å²) in [6.45, 7) is 0. The number of nitrogen functional groups attached to an aromatic ring is 1. The van der Waals surface area contributed by atoms with E-state index in [-0.39, 0.29) is 39.5 Å². The van der Waals surface area contributed by atoms with Gasteiger partial charge in [-0.25, -0.2) is 14.6 Å². The van der Waals surface area contributed by atoms with Crippen LogP contribution in [-0.4, -0.2) is 41.2 Å². The van der Waals surface area contributed by atoms with Gasteiger partial charge in [-0.2, -0.15) is 13.2 Å². The molecule has 194 valence electrons. The van der Waals surface area contributed by atoms with E-state index in [0.717, 1.165) is 12.0 Å². The largest absolute Gasteiger partial charge is 0.491 e. The summed E-state index contributed by atoms with van der Waals surface area (Å²) in [6.07, 6.45) is -6.17. The molecule has 0 spiro atoms. The molecular weight excluding hydrogens is 507 g/mol. The van der Waals surface area contributed by atoms with Crippen LogP contribution in [-0.2, 0) is 20.0 Å². The number of H-pyrrole nitrogens is 1. The second-order valence-electron chi connectivity index (χ2n) is 8.25. The van der Waals surface area contributed by atoms with Crippen molar-refractivity contribution in [1.29, 1.82) is 0 Å². The molecule has 0 bridgehead atoms. The highest BCUT2D eigenvalue weighted by Crippen LogP contribution is 2.49. The lowest BCUT2D eigenvalue weighted by Gasteiger charge is -2.39. The van der Waals surface area contributed by atoms with Crippen molar-refractivity contribution in [2.45, 2.75) is 11.9 Å². The number of hydrogen-bond donors (Lipinski definition) is 3. The number of aromatic nitrogens is 2. The highest BCUT2D eigenvalue weighted by atomic mass is 19.4. The van der Waals surface area contributed by atoms with Crippen LogP contribution in [0.25, 0.3) is 11.0 Å². The Balaban J connectivity index is 1.78. The zero-order valence-electron chi connectivity index (χ0n) is 19.5. The summed E-state index contributed by atoms with van der Waals surface area (Å²) in [4.78, 5) is 45.6. The maximum atomic E-state index is 13.7. The van der Waals surface area contributed by atoms with Crippen molar-refractivity contribution in [3.05, 3.63) is 83.4 Å². The van der Waals surface area contributed by atoms with Crippen molar-refractivity contribution in [1.82, 2.24) is 9.97 Å². The highest BCUT2D eigenvalue weighted by Gasteiger charge is 2.58. The van der Waals surface area contributed by atoms with E-state index in [1.54, 1.807) is 6.07 Å². The van der Waals surface area contributed by atoms with Crippen molar-refractivity contribution in [2.24, 2.45) is 0 Å². The summed E-state index contributed by atoms with van der Waals surface area (Å²) >= 11 is 0. The van der Waals surface area contributed by atoms with Crippen LogP contribution < -0.4 is 16.0 Å². The summed E-state index contributed by atoms with van der Waals surface area (Å²) in [5.74, 6) is -3.21. The average Bonchev–Trinajstić information content (AvgIpc) is 3.39. The minimum Gasteiger partial charge on any atom is -0.453 e. The lowest BCUT2D eigenvalue weighted by molar-refractivity contribution is -0.211. The molecule has 0 fully saturated rings. The second-order valence-corrected chi connectivity index (χ2v) is 8.25. The van der Waals surface area contributed by atoms with Gasteiger partial charge in [0.1, 0.15) is 0 Å². The number of halogens is 3. The van der Waals surface area contributed by atoms with E-state index >= 15 is 0 Å². The summed E-state index contributed by atoms with van der Waals surface area (Å²) in [7, 11) is 1.16. The number of imidazole rings is 1. The third-order valence-electron chi connectivity index (χ3n) is 5.92. The summed E-state index contributed by atoms with van der Waals surface area (Å²) in [5.41, 5.74) is 4.50. The number of methoxy groups -OCH3 is 1. The Morgan fingerprint density at radius 1 is 1.08 bits per heavy atom. The molecule has 13 heteroatoms. The number of benzene rings is 3. The normalized spacial score (nSPS) is 16.8. The fraction of sp³-hybridized carbons (Fsp3) is 0.120. The molecule has 5 rings (SSSR count). The predicted octanol–water partition coefficient (Wildman–Crippen LogP) is 4.29. The summed E-state index contributed by atoms with van der Waals surface area (Å²) < 4.78 is 50.6. The van der Waals surface area contributed by atoms with Gasteiger partial charge in [0, 0.05) is 22.4 Å². The number of anilines is 3. The van der Waals surface area contributed by atoms with E-state index in [1.165, 1.54) is 60.7 Å². The summed E-state index contributed by atoms with van der Waals surface area (Å²) in [6, 6.07) is 16.0. The summed E-state index contributed by atoms with van der Waals surface area (Å²) in [5, 5.41) is 2.35. The number of alkyl halides is 3. The van der Waals surface area contributed by atoms with Gasteiger partial charge < -0.3 is 20.2 Å². The Morgan fingerprint density at radius 3 is 2.55 bits per heavy atom. The fourth-order valence-corrected chi connectivity index (χ4v) is 4.38. The quantitative estimate of drug-likeness (QED) is 0.267. The first-order valence-electron chi connectivity index (χ1n) is 11.0. The van der Waals surface area contributed by atoms with Crippen molar-refractivity contribution in [3.8, 4) is 0 Å². The van der Waals surface area contributed by atoms with Crippen molar-refractivity contribution in [2.75, 3.05) is 23.1 Å². The number of fused-ring (bicyclic) bond motifs is 2. The number of nitrogens with zero attached hydrogens (tertiary/aromatic N) is 2. The van der Waals surface area contributed by atoms with E-state index in [1.807, 2.05) is 0 Å². The number of hydrogen-bond acceptors (Lipinski definition) is 7. The zero-order valence-corrected chi connectivity index (χ0v) is 19.5. The zero-order chi connectivity index (χ0) is 27.2. The van der Waals surface area contributed by atoms with Crippen molar-refractivity contribution < 1.29 is 37.0 Å². The van der Waals surface area contributed by atoms with E-state index < -0.39 is 29.9 Å². The van der Waals surface area contributed by atoms with Crippen LogP contribution in [0.3, 0.4) is 0 Å². The van der Waals surface area contributed by atoms with E-state index in [9.17, 15) is 27.6 Å². The number of nitrogens with one attached hydrogen (secondary N) is 2. The first kappa shape index (κ1) is 24.6. The van der Waals surface area contributed by atoms with Crippen LogP contribution >= 0.6 is 0 Å². The van der Waals surface area contributed by atoms with Gasteiger partial charge in [0.05, 0.1) is 23.8 Å². The van der Waals surface area contributed by atoms with Crippen LogP contribution in [0.1, 0.15) is 21.5 Å². The van der Waals surface area contributed by atoms with Gasteiger partial charge in [-0.05, 0) is 36.4 Å². The fourth-order valence-electron chi connectivity index (χ4n) is 4.38. The SMILES string of the molecule is COC(=O)Nc1nc2ccc(C3(OC(=O)C(F)(F)F)c4ccccc4C(=O)N3c3cccc(N)c3)cc2[nH]1. The maximum absolute atomic E-state index is 13.7. The second kappa shape index (κ2) is 8.80. The first-order chi connectivity index (χ1) is 18.0. The van der Waals surface area contributed by atoms with Gasteiger partial charge in [-0.3, -0.25) is 15.0 Å². The third kappa shape index (κ3) is 3.93. The number of esters is 1. The lowest BCUT2D eigenvalue weighted by Crippen LogP contribution is -2.50. The number of nitrogens with two attached hydrogens (primary N) is 1. The number of rotatable bonds is 4. The van der Waals surface area contributed by atoms with Gasteiger partial charge in [0.2, 0.25) is 11.7 Å². The van der Waals surface area contributed by atoms with Gasteiger partial charge in [-0.15, -0.1) is 0 Å². The molecule has 3 aromatic carbocycles. The predicted molar refractivity (Wildman–Crippen MR) is 129 cm³/mol. The molecule has 10 nitrogen and oxygen atoms in total. The molecule has 4 N–H and O–H groups in total. The molecule has 1 atom stereocenters. The van der Waals surface area contributed by atoms with E-state index in [0.29, 0.717) is 5.52 Å². The molecule has 1 aliphatic heterocycles. The standard InChI is InChI=1S/C25H18F3N5O5/c1-37-23(36)32-22-30-18-10-9-13(11-19(18)31-22)24(38-21(35)25(26,27)28)17-8-3-2-7-16(17)20(34)33(24)15-6-4-5-14(29)12-15/h2-12H,29H2,1H3,(H2,30,31,32,36). The van der Waals surface area contributed by atoms with E-state index in [2.05, 4.69) is 20.0 Å². The van der Waals surface area contributed by atoms with Gasteiger partial charge >= 0.3 is 18.2 Å². The first-order valence-corrected chi connectivity index (χ1v) is 11.0. The number of carbonyl (C=O) groups is 3. The molecule has 0 radical (unpaired) electrons. The monoisotopic (exact) mass is 525 g/mol. The topological polar surface area (TPSA) is 140 Å². The van der Waals surface area contributed by atoms with Crippen LogP contribution in [0, 0.1) is 0 Å². The van der Waals surface area contributed by atoms with Crippen LogP contribution in [0.5, 0.6) is 0 Å². The number of ether oxygens (including phenoxy) is 2. The third-order valence-corrected chi connectivity index (χ3v) is 5.92. The smallest absolute Gasteiger partial charge is 0.453 e. The molecule has 1 aromatic heterocycles. The minimum atomic E-state index is -5.37. The van der Waals surface area contributed by atoms with Crippen molar-refractivity contribution in [3.63, 3.8) is 0 Å². The Labute approximate surface area is 212 Å². The molecule has 2 amide bonds. The Morgan fingerprint density at radius 2 is 1.84 bits per heavy atom. The Kier molecular flexibility index (Phi) is 5.70. The van der Waals surface area contributed by atoms with Gasteiger partial charge in [0.25, 0.3) is 5.91 Å². The molecule has 1 aliphatic rings. The molecule has 38 heavy (non-hydrogen) atoms. The van der Waals surface area contributed by atoms with E-state index in [4.69, 9.17) is 10.5 Å². The average molecular weight is 525 g/mol. The minimum absolute atomic E-state index is 0.000855. The Hall–Kier alpha value is -5.07. The molecule has 2 heterocycles. The number of aromatic amines is 1. The maximum Gasteiger partial charge on any atom is 0.491 e. The highest BCUT2D eigenvalue weighted by molar-refractivity contribution is 6.13. The lowest BCUT2D eigenvalue weighted by atomic mass is 9.92. The molecule has 1 unspecified atom stereocenters. The number of amides is 2. The molecule has 4 aromatic rings.